The summed E-state index contributed by atoms with van der Waals surface area (Å²) in [7, 11) is 3.30. The van der Waals surface area contributed by atoms with Gasteiger partial charge < -0.3 is 20.3 Å². The van der Waals surface area contributed by atoms with E-state index in [2.05, 4.69) is 19.9 Å². The molecular weight excluding hydrogens is 344 g/mol. The monoisotopic (exact) mass is 370 g/mol. The Bertz CT molecular complexity index is 824. The number of nitrogens with two attached hydrogens (primary N) is 1. The summed E-state index contributed by atoms with van der Waals surface area (Å²) in [4.78, 5) is 29.8. The second-order valence-corrected chi connectivity index (χ2v) is 6.95. The van der Waals surface area contributed by atoms with Crippen LogP contribution in [0.2, 0.25) is 0 Å². The quantitative estimate of drug-likeness (QED) is 0.847. The molecule has 0 aliphatic carbocycles. The first-order chi connectivity index (χ1) is 12.9. The minimum atomic E-state index is -0.223. The van der Waals surface area contributed by atoms with Crippen molar-refractivity contribution in [3.05, 3.63) is 41.0 Å². The number of anilines is 1. The molecule has 3 heterocycles. The maximum absolute atomic E-state index is 12.9. The van der Waals surface area contributed by atoms with Gasteiger partial charge in [-0.3, -0.25) is 4.79 Å². The average Bonchev–Trinajstić information content (AvgIpc) is 3.10. The summed E-state index contributed by atoms with van der Waals surface area (Å²) >= 11 is 0. The van der Waals surface area contributed by atoms with Gasteiger partial charge in [0.1, 0.15) is 5.82 Å². The van der Waals surface area contributed by atoms with E-state index in [0.29, 0.717) is 12.4 Å². The van der Waals surface area contributed by atoms with E-state index < -0.39 is 0 Å². The summed E-state index contributed by atoms with van der Waals surface area (Å²) in [6, 6.07) is 3.80. The summed E-state index contributed by atoms with van der Waals surface area (Å²) in [5.41, 5.74) is 8.73. The van der Waals surface area contributed by atoms with Gasteiger partial charge in [-0.25, -0.2) is 15.0 Å². The van der Waals surface area contributed by atoms with Gasteiger partial charge >= 0.3 is 0 Å². The highest BCUT2D eigenvalue weighted by Crippen LogP contribution is 2.24. The average molecular weight is 370 g/mol. The fourth-order valence-corrected chi connectivity index (χ4v) is 3.14. The molecule has 1 amide bonds. The molecule has 1 fully saturated rings. The normalized spacial score (nSPS) is 16.5. The third kappa shape index (κ3) is 4.16. The molecule has 0 saturated carbocycles. The van der Waals surface area contributed by atoms with Crippen molar-refractivity contribution in [1.29, 1.82) is 0 Å². The zero-order valence-corrected chi connectivity index (χ0v) is 16.3. The molecule has 1 atom stereocenters. The van der Waals surface area contributed by atoms with Crippen LogP contribution in [-0.4, -0.2) is 59.0 Å². The number of aryl methyl sites for hydroxylation is 1. The number of nitrogens with zero attached hydrogens (tertiary/aromatic N) is 5. The Labute approximate surface area is 159 Å². The Balaban J connectivity index is 1.79. The number of pyridine rings is 1. The lowest BCUT2D eigenvalue weighted by Crippen LogP contribution is -2.31. The zero-order chi connectivity index (χ0) is 19.6. The van der Waals surface area contributed by atoms with Crippen LogP contribution in [0.5, 0.6) is 5.88 Å². The predicted octanol–water partition coefficient (Wildman–Crippen LogP) is 1.31. The van der Waals surface area contributed by atoms with Gasteiger partial charge in [-0.15, -0.1) is 0 Å². The standard InChI is InChI=1S/C19H26N6O2/c1-12-13(2)22-17(23-18(12)25-8-7-15(20)11-25)19(26)24(3)10-14-5-6-16(27-4)21-9-14/h5-6,9,15H,7-8,10-11,20H2,1-4H3/t15-/m1/s1. The Morgan fingerprint density at radius 3 is 2.74 bits per heavy atom. The molecule has 0 unspecified atom stereocenters. The first kappa shape index (κ1) is 19.0. The lowest BCUT2D eigenvalue weighted by molar-refractivity contribution is 0.0772. The van der Waals surface area contributed by atoms with E-state index in [1.807, 2.05) is 19.9 Å². The van der Waals surface area contributed by atoms with E-state index in [-0.39, 0.29) is 17.8 Å². The van der Waals surface area contributed by atoms with Crippen LogP contribution in [0.3, 0.4) is 0 Å². The van der Waals surface area contributed by atoms with Crippen LogP contribution < -0.4 is 15.4 Å². The highest BCUT2D eigenvalue weighted by atomic mass is 16.5. The van der Waals surface area contributed by atoms with Gasteiger partial charge in [0.15, 0.2) is 0 Å². The van der Waals surface area contributed by atoms with E-state index in [9.17, 15) is 4.79 Å². The first-order valence-corrected chi connectivity index (χ1v) is 8.99. The van der Waals surface area contributed by atoms with Crippen LogP contribution in [-0.2, 0) is 6.54 Å². The van der Waals surface area contributed by atoms with Crippen LogP contribution in [0, 0.1) is 13.8 Å². The van der Waals surface area contributed by atoms with E-state index in [0.717, 1.165) is 42.1 Å². The van der Waals surface area contributed by atoms with E-state index in [1.165, 1.54) is 0 Å². The Hall–Kier alpha value is -2.74. The van der Waals surface area contributed by atoms with E-state index in [4.69, 9.17) is 10.5 Å². The van der Waals surface area contributed by atoms with Gasteiger partial charge in [0, 0.05) is 56.2 Å². The fourth-order valence-electron chi connectivity index (χ4n) is 3.14. The molecule has 1 saturated heterocycles. The molecule has 144 valence electrons. The summed E-state index contributed by atoms with van der Waals surface area (Å²) in [6.07, 6.45) is 2.62. The molecule has 2 N–H and O–H groups in total. The van der Waals surface area contributed by atoms with Gasteiger partial charge in [0.2, 0.25) is 11.7 Å². The molecule has 0 bridgehead atoms. The summed E-state index contributed by atoms with van der Waals surface area (Å²) in [5, 5.41) is 0. The Morgan fingerprint density at radius 2 is 2.15 bits per heavy atom. The predicted molar refractivity (Wildman–Crippen MR) is 103 cm³/mol. The molecule has 8 nitrogen and oxygen atoms in total. The third-order valence-electron chi connectivity index (χ3n) is 4.85. The van der Waals surface area contributed by atoms with E-state index in [1.54, 1.807) is 31.3 Å². The minimum Gasteiger partial charge on any atom is -0.481 e. The Kier molecular flexibility index (Phi) is 5.55. The van der Waals surface area contributed by atoms with Crippen LogP contribution in [0.15, 0.2) is 18.3 Å². The molecular formula is C19H26N6O2. The number of carbonyl (C=O) groups is 1. The number of carbonyl (C=O) groups excluding carboxylic acids is 1. The van der Waals surface area contributed by atoms with Crippen LogP contribution in [0.1, 0.15) is 33.9 Å². The fraction of sp³-hybridized carbons (Fsp3) is 0.474. The van der Waals surface area contributed by atoms with Gasteiger partial charge in [0.05, 0.1) is 7.11 Å². The van der Waals surface area contributed by atoms with Crippen molar-refractivity contribution < 1.29 is 9.53 Å². The SMILES string of the molecule is COc1ccc(CN(C)C(=O)c2nc(C)c(C)c(N3CC[C@@H](N)C3)n2)cn1. The van der Waals surface area contributed by atoms with Crippen molar-refractivity contribution in [2.24, 2.45) is 5.73 Å². The number of hydrogen-bond acceptors (Lipinski definition) is 7. The van der Waals surface area contributed by atoms with Crippen molar-refractivity contribution in [2.75, 3.05) is 32.1 Å². The Morgan fingerprint density at radius 1 is 1.37 bits per heavy atom. The van der Waals surface area contributed by atoms with Crippen molar-refractivity contribution >= 4 is 11.7 Å². The molecule has 0 aromatic carbocycles. The van der Waals surface area contributed by atoms with Crippen molar-refractivity contribution in [3.63, 3.8) is 0 Å². The van der Waals surface area contributed by atoms with Gasteiger partial charge in [-0.1, -0.05) is 6.07 Å². The number of methoxy groups -OCH3 is 1. The molecule has 0 spiro atoms. The number of ether oxygens (including phenoxy) is 1. The second-order valence-electron chi connectivity index (χ2n) is 6.95. The molecule has 1 aliphatic heterocycles. The van der Waals surface area contributed by atoms with Gasteiger partial charge in [0.25, 0.3) is 5.91 Å². The van der Waals surface area contributed by atoms with Crippen LogP contribution >= 0.6 is 0 Å². The maximum Gasteiger partial charge on any atom is 0.291 e. The van der Waals surface area contributed by atoms with E-state index >= 15 is 0 Å². The first-order valence-electron chi connectivity index (χ1n) is 8.99. The van der Waals surface area contributed by atoms with Crippen molar-refractivity contribution in [2.45, 2.75) is 32.9 Å². The van der Waals surface area contributed by atoms with Crippen LogP contribution in [0.25, 0.3) is 0 Å². The third-order valence-corrected chi connectivity index (χ3v) is 4.85. The van der Waals surface area contributed by atoms with Gasteiger partial charge in [-0.05, 0) is 25.8 Å². The number of hydrogen-bond donors (Lipinski definition) is 1. The maximum atomic E-state index is 12.9. The summed E-state index contributed by atoms with van der Waals surface area (Å²) < 4.78 is 5.06. The largest absolute Gasteiger partial charge is 0.481 e. The summed E-state index contributed by atoms with van der Waals surface area (Å²) in [6.45, 7) is 5.89. The molecule has 3 rings (SSSR count). The number of aromatic nitrogens is 3. The number of amides is 1. The molecule has 1 aliphatic rings. The highest BCUT2D eigenvalue weighted by Gasteiger charge is 2.25. The van der Waals surface area contributed by atoms with Gasteiger partial charge in [-0.2, -0.15) is 0 Å². The van der Waals surface area contributed by atoms with Crippen molar-refractivity contribution in [1.82, 2.24) is 19.9 Å². The molecule has 0 radical (unpaired) electrons. The highest BCUT2D eigenvalue weighted by molar-refractivity contribution is 5.90. The lowest BCUT2D eigenvalue weighted by Gasteiger charge is -2.22. The lowest BCUT2D eigenvalue weighted by atomic mass is 10.2. The van der Waals surface area contributed by atoms with Crippen LogP contribution in [0.4, 0.5) is 5.82 Å². The molecule has 27 heavy (non-hydrogen) atoms. The topological polar surface area (TPSA) is 97.5 Å². The number of rotatable bonds is 5. The summed E-state index contributed by atoms with van der Waals surface area (Å²) in [5.74, 6) is 1.33. The van der Waals surface area contributed by atoms with Crippen molar-refractivity contribution in [3.8, 4) is 5.88 Å². The smallest absolute Gasteiger partial charge is 0.291 e. The molecule has 8 heteroatoms. The molecule has 2 aromatic rings. The molecule has 2 aromatic heterocycles. The second kappa shape index (κ2) is 7.87. The minimum absolute atomic E-state index is 0.143. The zero-order valence-electron chi connectivity index (χ0n) is 16.3.